The third-order valence-corrected chi connectivity index (χ3v) is 6.34. The lowest BCUT2D eigenvalue weighted by Gasteiger charge is -2.34. The molecule has 3 rings (SSSR count). The summed E-state index contributed by atoms with van der Waals surface area (Å²) in [5, 5.41) is 2.90. The quantitative estimate of drug-likeness (QED) is 0.788. The molecule has 1 heterocycles. The number of anilines is 1. The number of likely N-dealkylation sites (N-methyl/N-ethyl adjacent to an activating group) is 1. The number of rotatable bonds is 5. The van der Waals surface area contributed by atoms with E-state index in [1.807, 2.05) is 39.0 Å². The Bertz CT molecular complexity index is 781. The molecule has 0 radical (unpaired) electrons. The van der Waals surface area contributed by atoms with Gasteiger partial charge in [-0.05, 0) is 64.0 Å². The van der Waals surface area contributed by atoms with E-state index in [0.717, 1.165) is 41.0 Å². The van der Waals surface area contributed by atoms with Gasteiger partial charge in [0.05, 0.1) is 0 Å². The van der Waals surface area contributed by atoms with Gasteiger partial charge in [0.25, 0.3) is 5.91 Å². The van der Waals surface area contributed by atoms with Gasteiger partial charge in [-0.2, -0.15) is 0 Å². The van der Waals surface area contributed by atoms with Crippen LogP contribution in [-0.4, -0.2) is 41.4 Å². The molecule has 2 fully saturated rings. The first kappa shape index (κ1) is 20.4. The van der Waals surface area contributed by atoms with E-state index in [2.05, 4.69) is 12.2 Å². The Hall–Kier alpha value is -2.37. The zero-order valence-electron chi connectivity index (χ0n) is 17.4. The molecule has 1 aliphatic carbocycles. The van der Waals surface area contributed by atoms with Crippen molar-refractivity contribution in [1.82, 2.24) is 10.2 Å². The van der Waals surface area contributed by atoms with Crippen LogP contribution in [0.15, 0.2) is 18.2 Å². The fourth-order valence-electron chi connectivity index (χ4n) is 4.55. The second-order valence-corrected chi connectivity index (χ2v) is 8.18. The zero-order valence-corrected chi connectivity index (χ0v) is 17.4. The maximum absolute atomic E-state index is 13.1. The maximum Gasteiger partial charge on any atom is 0.325 e. The molecule has 1 aromatic carbocycles. The molecule has 28 heavy (non-hydrogen) atoms. The van der Waals surface area contributed by atoms with Crippen molar-refractivity contribution in [2.24, 2.45) is 5.92 Å². The van der Waals surface area contributed by atoms with Crippen LogP contribution in [0.5, 0.6) is 0 Å². The molecule has 1 spiro atoms. The average molecular weight is 386 g/mol. The van der Waals surface area contributed by atoms with Crippen molar-refractivity contribution >= 4 is 23.5 Å². The topological polar surface area (TPSA) is 69.7 Å². The molecular weight excluding hydrogens is 354 g/mol. The molecule has 6 heteroatoms. The van der Waals surface area contributed by atoms with Gasteiger partial charge >= 0.3 is 6.03 Å². The number of aryl methyl sites for hydroxylation is 2. The van der Waals surface area contributed by atoms with Crippen LogP contribution in [0.2, 0.25) is 0 Å². The van der Waals surface area contributed by atoms with Gasteiger partial charge in [0, 0.05) is 12.2 Å². The van der Waals surface area contributed by atoms with Crippen LogP contribution < -0.4 is 10.2 Å². The molecule has 0 unspecified atom stereocenters. The number of hydrogen-bond acceptors (Lipinski definition) is 3. The summed E-state index contributed by atoms with van der Waals surface area (Å²) in [6, 6.07) is 5.48. The summed E-state index contributed by atoms with van der Waals surface area (Å²) in [5.74, 6) is 0.139. The molecule has 4 amide bonds. The van der Waals surface area contributed by atoms with E-state index in [1.165, 1.54) is 0 Å². The van der Waals surface area contributed by atoms with Crippen LogP contribution >= 0.6 is 0 Å². The summed E-state index contributed by atoms with van der Waals surface area (Å²) in [6.45, 7) is 8.30. The molecule has 152 valence electrons. The summed E-state index contributed by atoms with van der Waals surface area (Å²) >= 11 is 0. The van der Waals surface area contributed by atoms with Gasteiger partial charge in [-0.15, -0.1) is 0 Å². The van der Waals surface area contributed by atoms with Crippen molar-refractivity contribution in [2.75, 3.05) is 18.0 Å². The minimum Gasteiger partial charge on any atom is -0.323 e. The highest BCUT2D eigenvalue weighted by Crippen LogP contribution is 2.37. The Morgan fingerprint density at radius 1 is 1.21 bits per heavy atom. The fourth-order valence-corrected chi connectivity index (χ4v) is 4.55. The van der Waals surface area contributed by atoms with Gasteiger partial charge in [-0.1, -0.05) is 31.0 Å². The summed E-state index contributed by atoms with van der Waals surface area (Å²) in [7, 11) is 0. The smallest absolute Gasteiger partial charge is 0.323 e. The molecule has 0 aromatic heterocycles. The third kappa shape index (κ3) is 3.64. The van der Waals surface area contributed by atoms with E-state index in [-0.39, 0.29) is 18.4 Å². The monoisotopic (exact) mass is 385 g/mol. The van der Waals surface area contributed by atoms with Gasteiger partial charge in [-0.3, -0.25) is 14.5 Å². The largest absolute Gasteiger partial charge is 0.325 e. The minimum absolute atomic E-state index is 0.217. The van der Waals surface area contributed by atoms with Crippen LogP contribution in [0.1, 0.15) is 57.1 Å². The lowest BCUT2D eigenvalue weighted by molar-refractivity contribution is -0.135. The van der Waals surface area contributed by atoms with Crippen molar-refractivity contribution in [3.8, 4) is 0 Å². The lowest BCUT2D eigenvalue weighted by atomic mass is 9.75. The summed E-state index contributed by atoms with van der Waals surface area (Å²) in [4.78, 5) is 41.3. The number of benzene rings is 1. The Kier molecular flexibility index (Phi) is 5.77. The minimum atomic E-state index is -0.806. The molecule has 1 N–H and O–H groups in total. The van der Waals surface area contributed by atoms with Gasteiger partial charge in [0.2, 0.25) is 5.91 Å². The Balaban J connectivity index is 1.74. The number of hydrogen-bond donors (Lipinski definition) is 1. The van der Waals surface area contributed by atoms with Gasteiger partial charge in [0.15, 0.2) is 0 Å². The van der Waals surface area contributed by atoms with Gasteiger partial charge in [-0.25, -0.2) is 4.79 Å². The molecule has 0 bridgehead atoms. The predicted molar refractivity (Wildman–Crippen MR) is 109 cm³/mol. The van der Waals surface area contributed by atoms with Crippen molar-refractivity contribution in [2.45, 2.75) is 65.3 Å². The molecule has 1 aromatic rings. The molecule has 1 saturated heterocycles. The van der Waals surface area contributed by atoms with Crippen molar-refractivity contribution in [1.29, 1.82) is 0 Å². The van der Waals surface area contributed by atoms with Crippen LogP contribution in [0, 0.1) is 19.8 Å². The SMILES string of the molecule is CCC1CCC2(CC1)NC(=O)N(CC(=O)N(CC)c1ccc(C)cc1C)C2=O. The number of nitrogens with one attached hydrogen (secondary N) is 1. The maximum atomic E-state index is 13.1. The summed E-state index contributed by atoms with van der Waals surface area (Å²) < 4.78 is 0. The average Bonchev–Trinajstić information content (AvgIpc) is 2.89. The highest BCUT2D eigenvalue weighted by atomic mass is 16.2. The predicted octanol–water partition coefficient (Wildman–Crippen LogP) is 3.55. The zero-order chi connectivity index (χ0) is 20.5. The first-order chi connectivity index (χ1) is 13.3. The number of carbonyl (C=O) groups is 3. The van der Waals surface area contributed by atoms with Crippen LogP contribution in [0.25, 0.3) is 0 Å². The Morgan fingerprint density at radius 3 is 2.46 bits per heavy atom. The van der Waals surface area contributed by atoms with Crippen molar-refractivity contribution in [3.05, 3.63) is 29.3 Å². The van der Waals surface area contributed by atoms with E-state index in [4.69, 9.17) is 0 Å². The molecular formula is C22H31N3O3. The van der Waals surface area contributed by atoms with E-state index < -0.39 is 11.6 Å². The third-order valence-electron chi connectivity index (χ3n) is 6.34. The summed E-state index contributed by atoms with van der Waals surface area (Å²) in [5.41, 5.74) is 2.15. The molecule has 2 aliphatic rings. The highest BCUT2D eigenvalue weighted by Gasteiger charge is 2.52. The van der Waals surface area contributed by atoms with Gasteiger partial charge in [0.1, 0.15) is 12.1 Å². The van der Waals surface area contributed by atoms with E-state index in [1.54, 1.807) is 4.90 Å². The summed E-state index contributed by atoms with van der Waals surface area (Å²) in [6.07, 6.45) is 4.30. The van der Waals surface area contributed by atoms with Crippen LogP contribution in [-0.2, 0) is 9.59 Å². The normalized spacial score (nSPS) is 24.6. The molecule has 1 aliphatic heterocycles. The van der Waals surface area contributed by atoms with Gasteiger partial charge < -0.3 is 10.2 Å². The second kappa shape index (κ2) is 7.94. The number of nitrogens with zero attached hydrogens (tertiary/aromatic N) is 2. The van der Waals surface area contributed by atoms with Crippen LogP contribution in [0.3, 0.4) is 0 Å². The number of imide groups is 1. The number of carbonyl (C=O) groups excluding carboxylic acids is 3. The first-order valence-electron chi connectivity index (χ1n) is 10.3. The van der Waals surface area contributed by atoms with Crippen molar-refractivity contribution < 1.29 is 14.4 Å². The first-order valence-corrected chi connectivity index (χ1v) is 10.3. The molecule has 6 nitrogen and oxygen atoms in total. The lowest BCUT2D eigenvalue weighted by Crippen LogP contribution is -2.50. The fraction of sp³-hybridized carbons (Fsp3) is 0.591. The number of amides is 4. The molecule has 1 saturated carbocycles. The Morgan fingerprint density at radius 2 is 1.89 bits per heavy atom. The van der Waals surface area contributed by atoms with E-state index in [9.17, 15) is 14.4 Å². The molecule has 0 atom stereocenters. The van der Waals surface area contributed by atoms with E-state index >= 15 is 0 Å². The second-order valence-electron chi connectivity index (χ2n) is 8.18. The standard InChI is InChI=1S/C22H31N3O3/c1-5-17-9-11-22(12-10-17)20(27)25(21(28)23-22)14-19(26)24(6-2)18-8-7-15(3)13-16(18)4/h7-8,13,17H,5-6,9-12,14H2,1-4H3,(H,23,28). The van der Waals surface area contributed by atoms with Crippen LogP contribution in [0.4, 0.5) is 10.5 Å². The van der Waals surface area contributed by atoms with E-state index in [0.29, 0.717) is 25.3 Å². The highest BCUT2D eigenvalue weighted by molar-refractivity contribution is 6.10. The number of urea groups is 1. The Labute approximate surface area is 167 Å². The van der Waals surface area contributed by atoms with Crippen molar-refractivity contribution in [3.63, 3.8) is 0 Å².